The Morgan fingerprint density at radius 1 is 1.24 bits per heavy atom. The van der Waals surface area contributed by atoms with Gasteiger partial charge in [0.05, 0.1) is 30.6 Å². The zero-order valence-corrected chi connectivity index (χ0v) is 20.5. The number of ether oxygens (including phenoxy) is 1. The molecule has 0 radical (unpaired) electrons. The molecule has 3 aromatic rings. The van der Waals surface area contributed by atoms with Gasteiger partial charge >= 0.3 is 6.18 Å². The standard InChI is InChI=1S/C24H29F3N8O2/c1-17-29-33-35(31-17)16-20-14-21(24(25,26)27)4-2-19(20)3-5-23(36)34-10-6-18(7-11-34)8-12-37-13-9-22-15-28-32-30-22/h2-5,14-15,18H,6-13,16H2,1H3,(H,28,30,32)/b5-3+. The van der Waals surface area contributed by atoms with E-state index in [1.165, 1.54) is 16.9 Å². The molecule has 1 aromatic carbocycles. The molecular formula is C24H29F3N8O2. The molecule has 0 aliphatic carbocycles. The lowest BCUT2D eigenvalue weighted by atomic mass is 9.94. The van der Waals surface area contributed by atoms with E-state index in [1.807, 2.05) is 0 Å². The number of hydrogen-bond acceptors (Lipinski definition) is 7. The summed E-state index contributed by atoms with van der Waals surface area (Å²) >= 11 is 0. The van der Waals surface area contributed by atoms with Gasteiger partial charge in [0.2, 0.25) is 5.91 Å². The van der Waals surface area contributed by atoms with Crippen LogP contribution in [0.1, 0.15) is 47.5 Å². The van der Waals surface area contributed by atoms with E-state index in [0.29, 0.717) is 49.2 Å². The first-order valence-electron chi connectivity index (χ1n) is 12.1. The van der Waals surface area contributed by atoms with Crippen LogP contribution in [0.3, 0.4) is 0 Å². The Morgan fingerprint density at radius 3 is 2.73 bits per heavy atom. The summed E-state index contributed by atoms with van der Waals surface area (Å²) in [5, 5.41) is 21.9. The molecule has 1 fully saturated rings. The second kappa shape index (κ2) is 12.1. The molecule has 0 unspecified atom stereocenters. The topological polar surface area (TPSA) is 115 Å². The van der Waals surface area contributed by atoms with Gasteiger partial charge in [-0.1, -0.05) is 11.3 Å². The van der Waals surface area contributed by atoms with Crippen LogP contribution in [0.25, 0.3) is 6.08 Å². The predicted molar refractivity (Wildman–Crippen MR) is 127 cm³/mol. The Hall–Kier alpha value is -3.61. The highest BCUT2D eigenvalue weighted by Crippen LogP contribution is 2.31. The van der Waals surface area contributed by atoms with Gasteiger partial charge in [-0.15, -0.1) is 15.3 Å². The number of benzene rings is 1. The van der Waals surface area contributed by atoms with Crippen LogP contribution in [0.5, 0.6) is 0 Å². The van der Waals surface area contributed by atoms with Crippen LogP contribution in [-0.4, -0.2) is 72.7 Å². The number of amides is 1. The highest BCUT2D eigenvalue weighted by molar-refractivity contribution is 5.92. The maximum atomic E-state index is 13.3. The van der Waals surface area contributed by atoms with Gasteiger partial charge in [-0.05, 0) is 66.7 Å². The number of piperidine rings is 1. The molecule has 0 spiro atoms. The smallest absolute Gasteiger partial charge is 0.381 e. The lowest BCUT2D eigenvalue weighted by Gasteiger charge is -2.31. The minimum absolute atomic E-state index is 0.00483. The van der Waals surface area contributed by atoms with E-state index in [4.69, 9.17) is 4.74 Å². The normalized spacial score (nSPS) is 15.1. The first kappa shape index (κ1) is 26.5. The summed E-state index contributed by atoms with van der Waals surface area (Å²) in [6.07, 6.45) is 3.61. The third kappa shape index (κ3) is 7.68. The molecule has 10 nitrogen and oxygen atoms in total. The molecule has 1 saturated heterocycles. The van der Waals surface area contributed by atoms with E-state index in [1.54, 1.807) is 24.1 Å². The Morgan fingerprint density at radius 2 is 2.05 bits per heavy atom. The number of aromatic amines is 1. The Balaban J connectivity index is 1.28. The number of hydrogen-bond donors (Lipinski definition) is 1. The van der Waals surface area contributed by atoms with Crippen molar-refractivity contribution in [3.05, 3.63) is 58.7 Å². The molecule has 37 heavy (non-hydrogen) atoms. The van der Waals surface area contributed by atoms with E-state index in [9.17, 15) is 18.0 Å². The maximum absolute atomic E-state index is 13.3. The van der Waals surface area contributed by atoms with Crippen molar-refractivity contribution in [2.24, 2.45) is 5.92 Å². The number of tetrazole rings is 1. The molecular weight excluding hydrogens is 489 g/mol. The number of rotatable bonds is 10. The van der Waals surface area contributed by atoms with Gasteiger partial charge in [0.15, 0.2) is 5.82 Å². The van der Waals surface area contributed by atoms with Crippen LogP contribution < -0.4 is 0 Å². The molecule has 0 atom stereocenters. The zero-order chi connectivity index (χ0) is 26.3. The van der Waals surface area contributed by atoms with Crippen LogP contribution in [-0.2, 0) is 28.7 Å². The number of likely N-dealkylation sites (tertiary alicyclic amines) is 1. The lowest BCUT2D eigenvalue weighted by Crippen LogP contribution is -2.37. The van der Waals surface area contributed by atoms with Gasteiger partial charge in [-0.2, -0.15) is 18.0 Å². The molecule has 198 valence electrons. The average molecular weight is 519 g/mol. The van der Waals surface area contributed by atoms with Crippen molar-refractivity contribution in [1.29, 1.82) is 0 Å². The number of carbonyl (C=O) groups excluding carboxylic acids is 1. The monoisotopic (exact) mass is 518 g/mol. The van der Waals surface area contributed by atoms with E-state index in [-0.39, 0.29) is 12.5 Å². The average Bonchev–Trinajstić information content (AvgIpc) is 3.54. The zero-order valence-electron chi connectivity index (χ0n) is 20.5. The van der Waals surface area contributed by atoms with Gasteiger partial charge in [0.1, 0.15) is 0 Å². The van der Waals surface area contributed by atoms with Crippen LogP contribution >= 0.6 is 0 Å². The van der Waals surface area contributed by atoms with Crippen molar-refractivity contribution in [3.63, 3.8) is 0 Å². The van der Waals surface area contributed by atoms with Crippen molar-refractivity contribution in [3.8, 4) is 0 Å². The largest absolute Gasteiger partial charge is 0.416 e. The number of aryl methyl sites for hydroxylation is 1. The van der Waals surface area contributed by atoms with Crippen LogP contribution in [0.4, 0.5) is 13.2 Å². The van der Waals surface area contributed by atoms with Crippen LogP contribution in [0.15, 0.2) is 30.5 Å². The molecule has 0 bridgehead atoms. The molecule has 0 saturated carbocycles. The van der Waals surface area contributed by atoms with E-state index in [0.717, 1.165) is 43.5 Å². The molecule has 1 N–H and O–H groups in total. The summed E-state index contributed by atoms with van der Waals surface area (Å²) in [5.74, 6) is 0.742. The number of aromatic nitrogens is 7. The summed E-state index contributed by atoms with van der Waals surface area (Å²) in [4.78, 5) is 15.8. The van der Waals surface area contributed by atoms with Gasteiger partial charge < -0.3 is 9.64 Å². The minimum atomic E-state index is -4.48. The van der Waals surface area contributed by atoms with Crippen molar-refractivity contribution >= 4 is 12.0 Å². The van der Waals surface area contributed by atoms with E-state index >= 15 is 0 Å². The molecule has 13 heteroatoms. The predicted octanol–water partition coefficient (Wildman–Crippen LogP) is 3.07. The molecule has 3 heterocycles. The highest BCUT2D eigenvalue weighted by atomic mass is 19.4. The Labute approximate surface area is 211 Å². The summed E-state index contributed by atoms with van der Waals surface area (Å²) in [5.41, 5.74) is 1.01. The van der Waals surface area contributed by atoms with Gasteiger partial charge in [-0.3, -0.25) is 9.89 Å². The van der Waals surface area contributed by atoms with Crippen molar-refractivity contribution in [2.45, 2.75) is 45.3 Å². The number of alkyl halides is 3. The number of halogens is 3. The number of carbonyl (C=O) groups is 1. The van der Waals surface area contributed by atoms with Crippen molar-refractivity contribution in [2.75, 3.05) is 26.3 Å². The quantitative estimate of drug-likeness (QED) is 0.324. The fourth-order valence-corrected chi connectivity index (χ4v) is 4.21. The molecule has 1 aliphatic rings. The third-order valence-corrected chi connectivity index (χ3v) is 6.32. The first-order valence-corrected chi connectivity index (χ1v) is 12.1. The van der Waals surface area contributed by atoms with Gasteiger partial charge in [0, 0.05) is 32.2 Å². The summed E-state index contributed by atoms with van der Waals surface area (Å²) in [6.45, 7) is 4.18. The summed E-state index contributed by atoms with van der Waals surface area (Å²) in [6, 6.07) is 3.43. The molecule has 1 amide bonds. The van der Waals surface area contributed by atoms with E-state index < -0.39 is 11.7 Å². The second-order valence-corrected chi connectivity index (χ2v) is 9.01. The first-order chi connectivity index (χ1) is 17.8. The number of nitrogens with zero attached hydrogens (tertiary/aromatic N) is 7. The maximum Gasteiger partial charge on any atom is 0.416 e. The van der Waals surface area contributed by atoms with Gasteiger partial charge in [0.25, 0.3) is 0 Å². The molecule has 4 rings (SSSR count). The van der Waals surface area contributed by atoms with Gasteiger partial charge in [-0.25, -0.2) is 0 Å². The fraction of sp³-hybridized carbons (Fsp3) is 0.500. The summed E-state index contributed by atoms with van der Waals surface area (Å²) in [7, 11) is 0. The van der Waals surface area contributed by atoms with E-state index in [2.05, 4.69) is 30.8 Å². The van der Waals surface area contributed by atoms with Crippen molar-refractivity contribution < 1.29 is 22.7 Å². The Bertz CT molecular complexity index is 1190. The minimum Gasteiger partial charge on any atom is -0.381 e. The number of H-pyrrole nitrogens is 1. The Kier molecular flexibility index (Phi) is 8.64. The second-order valence-electron chi connectivity index (χ2n) is 9.01. The third-order valence-electron chi connectivity index (χ3n) is 6.32. The fourth-order valence-electron chi connectivity index (χ4n) is 4.21. The van der Waals surface area contributed by atoms with Crippen LogP contribution in [0, 0.1) is 12.8 Å². The number of nitrogens with one attached hydrogen (secondary N) is 1. The van der Waals surface area contributed by atoms with Crippen molar-refractivity contribution in [1.82, 2.24) is 40.5 Å². The van der Waals surface area contributed by atoms with Crippen LogP contribution in [0.2, 0.25) is 0 Å². The lowest BCUT2D eigenvalue weighted by molar-refractivity contribution is -0.137. The summed E-state index contributed by atoms with van der Waals surface area (Å²) < 4.78 is 45.5. The SMILES string of the molecule is Cc1nnn(Cc2cc(C(F)(F)F)ccc2/C=C/C(=O)N2CCC(CCOCCc3cnn[nH]3)CC2)n1. The molecule has 2 aromatic heterocycles. The molecule has 1 aliphatic heterocycles. The highest BCUT2D eigenvalue weighted by Gasteiger charge is 2.31.